The van der Waals surface area contributed by atoms with E-state index in [0.717, 1.165) is 0 Å². The van der Waals surface area contributed by atoms with Gasteiger partial charge in [0.2, 0.25) is 0 Å². The van der Waals surface area contributed by atoms with E-state index in [9.17, 15) is 0 Å². The fourth-order valence-electron chi connectivity index (χ4n) is 0.578. The molecule has 1 aliphatic rings. The molecule has 48 valence electrons. The molecule has 0 atom stereocenters. The van der Waals surface area contributed by atoms with Crippen LogP contribution in [0.4, 0.5) is 0 Å². The van der Waals surface area contributed by atoms with Crippen LogP contribution >= 0.6 is 0 Å². The second kappa shape index (κ2) is 1.71. The highest BCUT2D eigenvalue weighted by Gasteiger charge is 2.37. The minimum absolute atomic E-state index is 0.278. The van der Waals surface area contributed by atoms with Crippen LogP contribution in [-0.4, -0.2) is 12.6 Å². The Balaban J connectivity index is 2.41. The van der Waals surface area contributed by atoms with E-state index < -0.39 is 0 Å². The SMILES string of the molecule is CC(C)C1(C)OCO1. The summed E-state index contributed by atoms with van der Waals surface area (Å²) in [6.07, 6.45) is 0. The second-order valence-electron chi connectivity index (χ2n) is 2.58. The normalized spacial score (nSPS) is 25.5. The molecule has 0 unspecified atom stereocenters. The van der Waals surface area contributed by atoms with Gasteiger partial charge in [-0.1, -0.05) is 13.8 Å². The summed E-state index contributed by atoms with van der Waals surface area (Å²) in [7, 11) is 0. The molecular formula is C6H12O2. The van der Waals surface area contributed by atoms with Crippen LogP contribution in [0.2, 0.25) is 0 Å². The summed E-state index contributed by atoms with van der Waals surface area (Å²) in [5, 5.41) is 0. The Labute approximate surface area is 49.8 Å². The molecule has 0 amide bonds. The molecule has 1 rings (SSSR count). The second-order valence-corrected chi connectivity index (χ2v) is 2.58. The summed E-state index contributed by atoms with van der Waals surface area (Å²) in [5.74, 6) is 0.177. The molecule has 0 bridgehead atoms. The molecule has 2 heteroatoms. The van der Waals surface area contributed by atoms with Crippen molar-refractivity contribution in [3.8, 4) is 0 Å². The van der Waals surface area contributed by atoms with Gasteiger partial charge in [0.25, 0.3) is 0 Å². The van der Waals surface area contributed by atoms with Gasteiger partial charge in [-0.2, -0.15) is 0 Å². The van der Waals surface area contributed by atoms with E-state index in [1.807, 2.05) is 6.92 Å². The summed E-state index contributed by atoms with van der Waals surface area (Å²) >= 11 is 0. The predicted molar refractivity (Wildman–Crippen MR) is 30.3 cm³/mol. The molecule has 0 radical (unpaired) electrons. The summed E-state index contributed by atoms with van der Waals surface area (Å²) in [6.45, 7) is 6.59. The Morgan fingerprint density at radius 3 is 1.88 bits per heavy atom. The van der Waals surface area contributed by atoms with Gasteiger partial charge in [-0.25, -0.2) is 0 Å². The first-order valence-electron chi connectivity index (χ1n) is 2.93. The van der Waals surface area contributed by atoms with Gasteiger partial charge in [0, 0.05) is 5.92 Å². The molecular weight excluding hydrogens is 104 g/mol. The third-order valence-electron chi connectivity index (χ3n) is 1.74. The lowest BCUT2D eigenvalue weighted by Gasteiger charge is -2.41. The quantitative estimate of drug-likeness (QED) is 0.515. The van der Waals surface area contributed by atoms with Crippen molar-refractivity contribution in [3.05, 3.63) is 0 Å². The van der Waals surface area contributed by atoms with Gasteiger partial charge in [-0.05, 0) is 6.92 Å². The zero-order valence-corrected chi connectivity index (χ0v) is 5.60. The zero-order valence-electron chi connectivity index (χ0n) is 5.60. The maximum Gasteiger partial charge on any atom is 0.173 e. The lowest BCUT2D eigenvalue weighted by molar-refractivity contribution is -0.405. The third kappa shape index (κ3) is 0.740. The summed E-state index contributed by atoms with van der Waals surface area (Å²) in [4.78, 5) is 0. The van der Waals surface area contributed by atoms with Crippen LogP contribution in [0.5, 0.6) is 0 Å². The van der Waals surface area contributed by atoms with Crippen molar-refractivity contribution >= 4 is 0 Å². The van der Waals surface area contributed by atoms with Gasteiger partial charge >= 0.3 is 0 Å². The molecule has 0 aromatic rings. The van der Waals surface area contributed by atoms with Gasteiger partial charge in [-0.15, -0.1) is 0 Å². The molecule has 2 nitrogen and oxygen atoms in total. The van der Waals surface area contributed by atoms with Crippen LogP contribution in [0, 0.1) is 5.92 Å². The average molecular weight is 116 g/mol. The van der Waals surface area contributed by atoms with Crippen molar-refractivity contribution in [2.45, 2.75) is 26.6 Å². The van der Waals surface area contributed by atoms with E-state index in [4.69, 9.17) is 9.47 Å². The number of ether oxygens (including phenoxy) is 2. The van der Waals surface area contributed by atoms with Gasteiger partial charge in [0.05, 0.1) is 0 Å². The van der Waals surface area contributed by atoms with Crippen LogP contribution in [0.1, 0.15) is 20.8 Å². The Kier molecular flexibility index (Phi) is 1.29. The standard InChI is InChI=1S/C6H12O2/c1-5(2)6(3)7-4-8-6/h5H,4H2,1-3H3. The molecule has 1 fully saturated rings. The molecule has 8 heavy (non-hydrogen) atoms. The minimum Gasteiger partial charge on any atom is -0.324 e. The summed E-state index contributed by atoms with van der Waals surface area (Å²) in [5.41, 5.74) is 0. The van der Waals surface area contributed by atoms with Gasteiger partial charge < -0.3 is 9.47 Å². The third-order valence-corrected chi connectivity index (χ3v) is 1.74. The first kappa shape index (κ1) is 6.05. The monoisotopic (exact) mass is 116 g/mol. The van der Waals surface area contributed by atoms with Crippen molar-refractivity contribution in [2.24, 2.45) is 5.92 Å². The molecule has 0 spiro atoms. The largest absolute Gasteiger partial charge is 0.324 e. The highest BCUT2D eigenvalue weighted by Crippen LogP contribution is 2.29. The first-order chi connectivity index (χ1) is 3.65. The van der Waals surface area contributed by atoms with Crippen molar-refractivity contribution in [3.63, 3.8) is 0 Å². The molecule has 1 saturated heterocycles. The van der Waals surface area contributed by atoms with Crippen LogP contribution in [0.3, 0.4) is 0 Å². The Hall–Kier alpha value is -0.0800. The highest BCUT2D eigenvalue weighted by atomic mass is 16.9. The molecule has 0 aromatic heterocycles. The van der Waals surface area contributed by atoms with Gasteiger partial charge in [0.15, 0.2) is 12.6 Å². The van der Waals surface area contributed by atoms with Gasteiger partial charge in [0.1, 0.15) is 0 Å². The van der Waals surface area contributed by atoms with Crippen LogP contribution in [0.15, 0.2) is 0 Å². The van der Waals surface area contributed by atoms with E-state index in [2.05, 4.69) is 13.8 Å². The summed E-state index contributed by atoms with van der Waals surface area (Å²) in [6, 6.07) is 0. The predicted octanol–water partition coefficient (Wildman–Crippen LogP) is 1.36. The molecule has 0 aromatic carbocycles. The number of hydrogen-bond acceptors (Lipinski definition) is 2. The molecule has 0 saturated carbocycles. The Morgan fingerprint density at radius 1 is 1.38 bits per heavy atom. The number of rotatable bonds is 1. The van der Waals surface area contributed by atoms with Gasteiger partial charge in [-0.3, -0.25) is 0 Å². The average Bonchev–Trinajstić information content (AvgIpc) is 1.60. The molecule has 0 aliphatic carbocycles. The van der Waals surface area contributed by atoms with E-state index in [1.54, 1.807) is 0 Å². The smallest absolute Gasteiger partial charge is 0.173 e. The fraction of sp³-hybridized carbons (Fsp3) is 1.00. The van der Waals surface area contributed by atoms with Crippen molar-refractivity contribution in [2.75, 3.05) is 6.79 Å². The summed E-state index contributed by atoms with van der Waals surface area (Å²) < 4.78 is 10.3. The lowest BCUT2D eigenvalue weighted by Crippen LogP contribution is -2.48. The van der Waals surface area contributed by atoms with E-state index >= 15 is 0 Å². The molecule has 1 heterocycles. The lowest BCUT2D eigenvalue weighted by atomic mass is 10.0. The topological polar surface area (TPSA) is 18.5 Å². The Bertz CT molecular complexity index is 84.5. The number of hydrogen-bond donors (Lipinski definition) is 0. The molecule has 1 aliphatic heterocycles. The van der Waals surface area contributed by atoms with Crippen LogP contribution < -0.4 is 0 Å². The van der Waals surface area contributed by atoms with Crippen LogP contribution in [-0.2, 0) is 9.47 Å². The van der Waals surface area contributed by atoms with Crippen LogP contribution in [0.25, 0.3) is 0 Å². The van der Waals surface area contributed by atoms with E-state index in [1.165, 1.54) is 0 Å². The van der Waals surface area contributed by atoms with Crippen molar-refractivity contribution in [1.29, 1.82) is 0 Å². The zero-order chi connectivity index (χ0) is 6.20. The fourth-order valence-corrected chi connectivity index (χ4v) is 0.578. The molecule has 0 N–H and O–H groups in total. The first-order valence-corrected chi connectivity index (χ1v) is 2.93. The van der Waals surface area contributed by atoms with Crippen molar-refractivity contribution < 1.29 is 9.47 Å². The highest BCUT2D eigenvalue weighted by molar-refractivity contribution is 4.70. The van der Waals surface area contributed by atoms with E-state index in [0.29, 0.717) is 12.7 Å². The van der Waals surface area contributed by atoms with Crippen molar-refractivity contribution in [1.82, 2.24) is 0 Å². The van der Waals surface area contributed by atoms with E-state index in [-0.39, 0.29) is 5.79 Å². The minimum atomic E-state index is -0.278. The maximum absolute atomic E-state index is 5.16. The Morgan fingerprint density at radius 2 is 1.88 bits per heavy atom. The maximum atomic E-state index is 5.16.